The highest BCUT2D eigenvalue weighted by molar-refractivity contribution is 5.89. The number of benzene rings is 1. The van der Waals surface area contributed by atoms with Crippen molar-refractivity contribution in [1.29, 1.82) is 0 Å². The highest BCUT2D eigenvalue weighted by Gasteiger charge is 2.39. The van der Waals surface area contributed by atoms with Crippen molar-refractivity contribution in [2.24, 2.45) is 0 Å². The zero-order chi connectivity index (χ0) is 17.9. The van der Waals surface area contributed by atoms with Crippen molar-refractivity contribution >= 4 is 17.5 Å². The number of pyridine rings is 1. The van der Waals surface area contributed by atoms with Gasteiger partial charge in [-0.15, -0.1) is 0 Å². The maximum absolute atomic E-state index is 13.0. The Morgan fingerprint density at radius 3 is 2.62 bits per heavy atom. The van der Waals surface area contributed by atoms with Gasteiger partial charge >= 0.3 is 6.03 Å². The van der Waals surface area contributed by atoms with Crippen molar-refractivity contribution in [2.45, 2.75) is 18.4 Å². The average Bonchev–Trinajstić information content (AvgIpc) is 3.42. The Labute approximate surface area is 151 Å². The number of carbonyl (C=O) groups is 1. The van der Waals surface area contributed by atoms with Gasteiger partial charge in [-0.05, 0) is 36.2 Å². The molecule has 0 bridgehead atoms. The summed E-state index contributed by atoms with van der Waals surface area (Å²) in [6.07, 6.45) is 2.53. The lowest BCUT2D eigenvalue weighted by atomic mass is 10.1. The number of aromatic nitrogens is 1. The zero-order valence-corrected chi connectivity index (χ0v) is 14.3. The molecule has 0 radical (unpaired) electrons. The highest BCUT2D eigenvalue weighted by Crippen LogP contribution is 2.40. The molecule has 7 heteroatoms. The number of hydrogen-bond donors (Lipinski definition) is 2. The molecule has 2 amide bonds. The van der Waals surface area contributed by atoms with Gasteiger partial charge in [0.25, 0.3) is 0 Å². The van der Waals surface area contributed by atoms with Crippen LogP contribution in [-0.2, 0) is 4.74 Å². The maximum atomic E-state index is 13.0. The Hall–Kier alpha value is -2.67. The predicted octanol–water partition coefficient (Wildman–Crippen LogP) is 2.73. The molecule has 1 saturated heterocycles. The molecule has 2 aromatic rings. The number of hydrogen-bond acceptors (Lipinski definition) is 4. The first-order chi connectivity index (χ1) is 12.7. The minimum absolute atomic E-state index is 0.0843. The summed E-state index contributed by atoms with van der Waals surface area (Å²) < 4.78 is 18.3. The van der Waals surface area contributed by atoms with Crippen molar-refractivity contribution in [3.05, 3.63) is 54.0 Å². The van der Waals surface area contributed by atoms with E-state index in [0.29, 0.717) is 18.9 Å². The Balaban J connectivity index is 1.28. The normalized spacial score (nSPS) is 22.0. The van der Waals surface area contributed by atoms with E-state index in [4.69, 9.17) is 4.74 Å². The molecule has 0 spiro atoms. The summed E-state index contributed by atoms with van der Waals surface area (Å²) in [7, 11) is 0. The summed E-state index contributed by atoms with van der Waals surface area (Å²) in [6, 6.07) is 10.0. The van der Waals surface area contributed by atoms with Crippen molar-refractivity contribution < 1.29 is 13.9 Å². The quantitative estimate of drug-likeness (QED) is 0.884. The number of halogens is 1. The molecule has 1 aliphatic heterocycles. The van der Waals surface area contributed by atoms with Gasteiger partial charge in [-0.3, -0.25) is 0 Å². The van der Waals surface area contributed by atoms with Crippen molar-refractivity contribution in [2.75, 3.05) is 36.5 Å². The molecular formula is C19H21FN4O2. The third-order valence-electron chi connectivity index (χ3n) is 4.75. The lowest BCUT2D eigenvalue weighted by molar-refractivity contribution is 0.122. The summed E-state index contributed by atoms with van der Waals surface area (Å²) in [6.45, 7) is 3.07. The second kappa shape index (κ2) is 7.29. The molecule has 136 valence electrons. The Morgan fingerprint density at radius 1 is 1.15 bits per heavy atom. The lowest BCUT2D eigenvalue weighted by Gasteiger charge is -2.27. The van der Waals surface area contributed by atoms with Crippen LogP contribution in [0.25, 0.3) is 0 Å². The van der Waals surface area contributed by atoms with Crippen LogP contribution in [0.4, 0.5) is 20.7 Å². The number of nitrogens with zero attached hydrogens (tertiary/aromatic N) is 2. The minimum atomic E-state index is -0.250. The van der Waals surface area contributed by atoms with Gasteiger partial charge in [0.05, 0.1) is 25.1 Å². The standard InChI is InChI=1S/C19H21FN4O2/c20-14-3-1-13(2-4-14)16-11-17(16)23-19(25)22-15-5-6-18(21-12-15)24-7-9-26-10-8-24/h1-6,12,16-17H,7-11H2,(H2,22,23,25)/t16-,17-/m1/s1. The van der Waals surface area contributed by atoms with Gasteiger partial charge in [0.1, 0.15) is 11.6 Å². The molecular weight excluding hydrogens is 335 g/mol. The fourth-order valence-corrected chi connectivity index (χ4v) is 3.21. The van der Waals surface area contributed by atoms with Gasteiger partial charge in [-0.1, -0.05) is 12.1 Å². The van der Waals surface area contributed by atoms with E-state index in [1.807, 2.05) is 12.1 Å². The van der Waals surface area contributed by atoms with Gasteiger partial charge in [0.15, 0.2) is 0 Å². The molecule has 2 fully saturated rings. The van der Waals surface area contributed by atoms with Crippen molar-refractivity contribution in [3.8, 4) is 0 Å². The van der Waals surface area contributed by atoms with Gasteiger partial charge in [-0.25, -0.2) is 14.2 Å². The minimum Gasteiger partial charge on any atom is -0.378 e. The second-order valence-electron chi connectivity index (χ2n) is 6.60. The Morgan fingerprint density at radius 2 is 1.92 bits per heavy atom. The van der Waals surface area contributed by atoms with Crippen LogP contribution in [0.15, 0.2) is 42.6 Å². The molecule has 2 N–H and O–H groups in total. The van der Waals surface area contributed by atoms with E-state index in [2.05, 4.69) is 20.5 Å². The van der Waals surface area contributed by atoms with Gasteiger partial charge in [-0.2, -0.15) is 0 Å². The summed E-state index contributed by atoms with van der Waals surface area (Å²) >= 11 is 0. The molecule has 1 saturated carbocycles. The molecule has 2 aliphatic rings. The fourth-order valence-electron chi connectivity index (χ4n) is 3.21. The van der Waals surface area contributed by atoms with Gasteiger partial charge in [0.2, 0.25) is 0 Å². The van der Waals surface area contributed by atoms with E-state index < -0.39 is 0 Å². The van der Waals surface area contributed by atoms with Crippen molar-refractivity contribution in [3.63, 3.8) is 0 Å². The number of rotatable bonds is 4. The van der Waals surface area contributed by atoms with Crippen LogP contribution in [0.1, 0.15) is 17.9 Å². The first-order valence-corrected chi connectivity index (χ1v) is 8.81. The van der Waals surface area contributed by atoms with E-state index >= 15 is 0 Å². The van der Waals surface area contributed by atoms with E-state index in [1.54, 1.807) is 18.3 Å². The number of amides is 2. The van der Waals surface area contributed by atoms with Crippen LogP contribution in [0.3, 0.4) is 0 Å². The SMILES string of the molecule is O=C(Nc1ccc(N2CCOCC2)nc1)N[C@@H]1C[C@@H]1c1ccc(F)cc1. The third kappa shape index (κ3) is 3.94. The monoisotopic (exact) mass is 356 g/mol. The van der Waals surface area contributed by atoms with Crippen LogP contribution in [0.2, 0.25) is 0 Å². The first-order valence-electron chi connectivity index (χ1n) is 8.81. The van der Waals surface area contributed by atoms with Crippen LogP contribution in [0.5, 0.6) is 0 Å². The molecule has 2 heterocycles. The number of anilines is 2. The fraction of sp³-hybridized carbons (Fsp3) is 0.368. The maximum Gasteiger partial charge on any atom is 0.319 e. The summed E-state index contributed by atoms with van der Waals surface area (Å²) in [5.41, 5.74) is 1.70. The van der Waals surface area contributed by atoms with Crippen LogP contribution < -0.4 is 15.5 Å². The van der Waals surface area contributed by atoms with E-state index in [-0.39, 0.29) is 23.8 Å². The number of nitrogens with one attached hydrogen (secondary N) is 2. The topological polar surface area (TPSA) is 66.5 Å². The van der Waals surface area contributed by atoms with Gasteiger partial charge in [0, 0.05) is 25.0 Å². The first kappa shape index (κ1) is 16.8. The second-order valence-corrected chi connectivity index (χ2v) is 6.60. The number of carbonyl (C=O) groups excluding carboxylic acids is 1. The smallest absolute Gasteiger partial charge is 0.319 e. The number of morpholine rings is 1. The zero-order valence-electron chi connectivity index (χ0n) is 14.3. The summed E-state index contributed by atoms with van der Waals surface area (Å²) in [5, 5.41) is 5.75. The summed E-state index contributed by atoms with van der Waals surface area (Å²) in [4.78, 5) is 18.7. The molecule has 4 rings (SSSR count). The lowest BCUT2D eigenvalue weighted by Crippen LogP contribution is -2.36. The average molecular weight is 356 g/mol. The Kier molecular flexibility index (Phi) is 4.71. The van der Waals surface area contributed by atoms with E-state index in [0.717, 1.165) is 30.9 Å². The van der Waals surface area contributed by atoms with Gasteiger partial charge < -0.3 is 20.3 Å². The van der Waals surface area contributed by atoms with Crippen LogP contribution in [-0.4, -0.2) is 43.4 Å². The van der Waals surface area contributed by atoms with Crippen LogP contribution >= 0.6 is 0 Å². The molecule has 1 aromatic heterocycles. The molecule has 1 aliphatic carbocycles. The predicted molar refractivity (Wildman–Crippen MR) is 97.0 cm³/mol. The summed E-state index contributed by atoms with van der Waals surface area (Å²) in [5.74, 6) is 0.894. The largest absolute Gasteiger partial charge is 0.378 e. The number of urea groups is 1. The van der Waals surface area contributed by atoms with Crippen molar-refractivity contribution in [1.82, 2.24) is 10.3 Å². The van der Waals surface area contributed by atoms with Crippen LogP contribution in [0, 0.1) is 5.82 Å². The third-order valence-corrected chi connectivity index (χ3v) is 4.75. The van der Waals surface area contributed by atoms with E-state index in [1.165, 1.54) is 12.1 Å². The van der Waals surface area contributed by atoms with E-state index in [9.17, 15) is 9.18 Å². The highest BCUT2D eigenvalue weighted by atomic mass is 19.1. The molecule has 2 atom stereocenters. The molecule has 26 heavy (non-hydrogen) atoms. The number of ether oxygens (including phenoxy) is 1. The molecule has 0 unspecified atom stereocenters. The Bertz CT molecular complexity index is 760. The molecule has 1 aromatic carbocycles. The molecule has 6 nitrogen and oxygen atoms in total.